The normalized spacial score (nSPS) is 10.4. The van der Waals surface area contributed by atoms with Gasteiger partial charge in [-0.15, -0.1) is 0 Å². The fourth-order valence-electron chi connectivity index (χ4n) is 1.66. The Hall–Kier alpha value is -0.700. The van der Waals surface area contributed by atoms with Crippen molar-refractivity contribution in [1.29, 1.82) is 0 Å². The zero-order valence-corrected chi connectivity index (χ0v) is 12.9. The van der Waals surface area contributed by atoms with E-state index in [0.29, 0.717) is 10.0 Å². The van der Waals surface area contributed by atoms with E-state index in [1.54, 1.807) is 0 Å². The summed E-state index contributed by atoms with van der Waals surface area (Å²) in [6.45, 7) is 2.82. The quantitative estimate of drug-likeness (QED) is 0.706. The third-order valence-electron chi connectivity index (χ3n) is 2.77. The number of hydrogen-bond acceptors (Lipinski definition) is 1. The van der Waals surface area contributed by atoms with Gasteiger partial charge in [-0.3, -0.25) is 0 Å². The summed E-state index contributed by atoms with van der Waals surface area (Å²) >= 11 is 15.6. The van der Waals surface area contributed by atoms with Gasteiger partial charge in [0, 0.05) is 11.0 Å². The van der Waals surface area contributed by atoms with Gasteiger partial charge in [0.05, 0.1) is 15.7 Å². The minimum atomic E-state index is 0.534. The fourth-order valence-corrected chi connectivity index (χ4v) is 2.50. The van der Waals surface area contributed by atoms with Crippen molar-refractivity contribution in [2.24, 2.45) is 0 Å². The van der Waals surface area contributed by atoms with Crippen LogP contribution >= 0.6 is 39.1 Å². The molecule has 0 aromatic heterocycles. The van der Waals surface area contributed by atoms with Gasteiger partial charge in [-0.2, -0.15) is 0 Å². The van der Waals surface area contributed by atoms with Crippen LogP contribution in [0.4, 0.5) is 5.69 Å². The lowest BCUT2D eigenvalue weighted by atomic mass is 10.1. The van der Waals surface area contributed by atoms with Crippen molar-refractivity contribution in [3.8, 4) is 0 Å². The summed E-state index contributed by atoms with van der Waals surface area (Å²) < 4.78 is 0.801. The number of anilines is 1. The topological polar surface area (TPSA) is 12.0 Å². The molecule has 0 atom stereocenters. The lowest BCUT2D eigenvalue weighted by Crippen LogP contribution is -2.01. The Bertz CT molecular complexity index is 570. The summed E-state index contributed by atoms with van der Waals surface area (Å²) in [5.74, 6) is 0. The third-order valence-corrected chi connectivity index (χ3v) is 4.54. The van der Waals surface area contributed by atoms with E-state index in [9.17, 15) is 0 Å². The maximum absolute atomic E-state index is 6.18. The molecule has 0 unspecified atom stereocenters. The van der Waals surface area contributed by atoms with Crippen LogP contribution in [0.1, 0.15) is 11.1 Å². The largest absolute Gasteiger partial charge is 0.380 e. The molecule has 0 bridgehead atoms. The van der Waals surface area contributed by atoms with Crippen LogP contribution in [0.15, 0.2) is 40.9 Å². The molecule has 2 aromatic carbocycles. The molecule has 0 radical (unpaired) electrons. The second kappa shape index (κ2) is 5.96. The summed E-state index contributed by atoms with van der Waals surface area (Å²) in [4.78, 5) is 0. The molecular weight excluding hydrogens is 333 g/mol. The first-order valence-electron chi connectivity index (χ1n) is 5.51. The molecule has 0 heterocycles. The van der Waals surface area contributed by atoms with Crippen LogP contribution in [0.2, 0.25) is 10.0 Å². The molecular formula is C14H12BrCl2N. The van der Waals surface area contributed by atoms with Crippen LogP contribution in [-0.4, -0.2) is 0 Å². The minimum Gasteiger partial charge on any atom is -0.380 e. The van der Waals surface area contributed by atoms with E-state index in [1.807, 2.05) is 24.3 Å². The van der Waals surface area contributed by atoms with Gasteiger partial charge in [-0.25, -0.2) is 0 Å². The molecule has 0 fully saturated rings. The summed E-state index contributed by atoms with van der Waals surface area (Å²) in [6.07, 6.45) is 0. The highest BCUT2D eigenvalue weighted by Crippen LogP contribution is 2.36. The highest BCUT2D eigenvalue weighted by atomic mass is 79.9. The first kappa shape index (κ1) is 13.7. The maximum Gasteiger partial charge on any atom is 0.0835 e. The highest BCUT2D eigenvalue weighted by molar-refractivity contribution is 9.10. The van der Waals surface area contributed by atoms with Gasteiger partial charge in [0.25, 0.3) is 0 Å². The predicted molar refractivity (Wildman–Crippen MR) is 82.7 cm³/mol. The lowest BCUT2D eigenvalue weighted by Gasteiger charge is -2.11. The summed E-state index contributed by atoms with van der Waals surface area (Å²) in [6, 6.07) is 12.0. The van der Waals surface area contributed by atoms with E-state index in [2.05, 4.69) is 40.3 Å². The Balaban J connectivity index is 2.17. The van der Waals surface area contributed by atoms with Crippen LogP contribution < -0.4 is 5.32 Å². The van der Waals surface area contributed by atoms with Gasteiger partial charge in [0.2, 0.25) is 0 Å². The molecule has 0 saturated heterocycles. The fraction of sp³-hybridized carbons (Fsp3) is 0.143. The summed E-state index contributed by atoms with van der Waals surface area (Å²) in [5, 5.41) is 4.38. The van der Waals surface area contributed by atoms with Crippen molar-refractivity contribution < 1.29 is 0 Å². The van der Waals surface area contributed by atoms with Crippen LogP contribution in [0.25, 0.3) is 0 Å². The Kier molecular flexibility index (Phi) is 4.55. The third kappa shape index (κ3) is 3.00. The van der Waals surface area contributed by atoms with Crippen molar-refractivity contribution >= 4 is 44.8 Å². The first-order valence-corrected chi connectivity index (χ1v) is 7.06. The number of rotatable bonds is 3. The van der Waals surface area contributed by atoms with Crippen molar-refractivity contribution in [2.45, 2.75) is 13.5 Å². The predicted octanol–water partition coefficient (Wildman–Crippen LogP) is 5.68. The molecule has 0 spiro atoms. The Morgan fingerprint density at radius 1 is 1.06 bits per heavy atom. The van der Waals surface area contributed by atoms with Crippen molar-refractivity contribution in [3.63, 3.8) is 0 Å². The molecule has 0 saturated carbocycles. The second-order valence-electron chi connectivity index (χ2n) is 4.00. The van der Waals surface area contributed by atoms with Crippen molar-refractivity contribution in [1.82, 2.24) is 0 Å². The minimum absolute atomic E-state index is 0.534. The van der Waals surface area contributed by atoms with E-state index >= 15 is 0 Å². The molecule has 1 N–H and O–H groups in total. The Morgan fingerprint density at radius 2 is 1.78 bits per heavy atom. The van der Waals surface area contributed by atoms with E-state index in [-0.39, 0.29) is 0 Å². The first-order chi connectivity index (χ1) is 8.59. The van der Waals surface area contributed by atoms with E-state index in [4.69, 9.17) is 23.2 Å². The van der Waals surface area contributed by atoms with Gasteiger partial charge < -0.3 is 5.32 Å². The van der Waals surface area contributed by atoms with Crippen molar-refractivity contribution in [2.75, 3.05) is 5.32 Å². The van der Waals surface area contributed by atoms with Gasteiger partial charge in [-0.05, 0) is 46.1 Å². The van der Waals surface area contributed by atoms with E-state index in [0.717, 1.165) is 16.7 Å². The molecule has 0 aliphatic heterocycles. The van der Waals surface area contributed by atoms with Gasteiger partial charge in [0.1, 0.15) is 0 Å². The maximum atomic E-state index is 6.18. The Labute approximate surface area is 125 Å². The van der Waals surface area contributed by atoms with Gasteiger partial charge in [0.15, 0.2) is 0 Å². The molecule has 2 aromatic rings. The Morgan fingerprint density at radius 3 is 2.50 bits per heavy atom. The number of halogens is 3. The molecule has 4 heteroatoms. The van der Waals surface area contributed by atoms with E-state index < -0.39 is 0 Å². The number of hydrogen-bond donors (Lipinski definition) is 1. The molecule has 0 aliphatic rings. The average Bonchev–Trinajstić information content (AvgIpc) is 2.37. The SMILES string of the molecule is Cc1ccccc1CNc1ccc(Br)c(Cl)c1Cl. The molecule has 18 heavy (non-hydrogen) atoms. The molecule has 2 rings (SSSR count). The van der Waals surface area contributed by atoms with Gasteiger partial charge in [-0.1, -0.05) is 47.5 Å². The van der Waals surface area contributed by atoms with Gasteiger partial charge >= 0.3 is 0 Å². The van der Waals surface area contributed by atoms with Crippen LogP contribution in [0.5, 0.6) is 0 Å². The molecule has 1 nitrogen and oxygen atoms in total. The zero-order valence-electron chi connectivity index (χ0n) is 9.81. The average molecular weight is 345 g/mol. The van der Waals surface area contributed by atoms with Crippen LogP contribution in [0.3, 0.4) is 0 Å². The number of benzene rings is 2. The van der Waals surface area contributed by atoms with Crippen LogP contribution in [0, 0.1) is 6.92 Å². The summed E-state index contributed by atoms with van der Waals surface area (Å²) in [5.41, 5.74) is 3.34. The number of aryl methyl sites for hydroxylation is 1. The smallest absolute Gasteiger partial charge is 0.0835 e. The zero-order chi connectivity index (χ0) is 13.1. The highest BCUT2D eigenvalue weighted by Gasteiger charge is 2.08. The summed E-state index contributed by atoms with van der Waals surface area (Å²) in [7, 11) is 0. The van der Waals surface area contributed by atoms with Crippen LogP contribution in [-0.2, 0) is 6.54 Å². The lowest BCUT2D eigenvalue weighted by molar-refractivity contribution is 1.12. The number of nitrogens with one attached hydrogen (secondary N) is 1. The monoisotopic (exact) mass is 343 g/mol. The van der Waals surface area contributed by atoms with Crippen molar-refractivity contribution in [3.05, 3.63) is 62.0 Å². The second-order valence-corrected chi connectivity index (χ2v) is 5.61. The van der Waals surface area contributed by atoms with E-state index in [1.165, 1.54) is 11.1 Å². The molecule has 94 valence electrons. The molecule has 0 amide bonds. The standard InChI is InChI=1S/C14H12BrCl2N/c1-9-4-2-3-5-10(9)8-18-12-7-6-11(15)13(16)14(12)17/h2-7,18H,8H2,1H3. The molecule has 0 aliphatic carbocycles.